The van der Waals surface area contributed by atoms with Crippen molar-refractivity contribution in [3.63, 3.8) is 0 Å². The molecule has 10 heteroatoms. The lowest BCUT2D eigenvalue weighted by Crippen LogP contribution is -2.59. The average Bonchev–Trinajstić information content (AvgIpc) is 2.02. The number of alkyl halides is 10. The first-order valence-corrected chi connectivity index (χ1v) is 3.96. The Bertz CT molecular complexity index is 203. The SMILES string of the molecule is FC(Cl)C(F)(F)C(F)(F)C(F)(F)C(F)Cl. The molecule has 0 aliphatic rings. The average molecular weight is 285 g/mol. The highest BCUT2D eigenvalue weighted by Crippen LogP contribution is 2.51. The van der Waals surface area contributed by atoms with Gasteiger partial charge in [-0.15, -0.1) is 0 Å². The molecule has 0 rings (SSSR count). The van der Waals surface area contributed by atoms with Crippen LogP contribution in [0.5, 0.6) is 0 Å². The largest absolute Gasteiger partial charge is 0.380 e. The predicted molar refractivity (Wildman–Crippen MR) is 36.3 cm³/mol. The minimum absolute atomic E-state index is 3.97. The molecule has 0 aliphatic heterocycles. The number of rotatable bonds is 4. The molecule has 0 spiro atoms. The van der Waals surface area contributed by atoms with Crippen LogP contribution in [0, 0.1) is 0 Å². The zero-order chi connectivity index (χ0) is 12.7. The van der Waals surface area contributed by atoms with E-state index in [9.17, 15) is 35.1 Å². The molecule has 0 radical (unpaired) electrons. The van der Waals surface area contributed by atoms with Gasteiger partial charge in [-0.25, -0.2) is 8.78 Å². The summed E-state index contributed by atoms with van der Waals surface area (Å²) < 4.78 is 97.1. The van der Waals surface area contributed by atoms with Crippen LogP contribution in [0.2, 0.25) is 0 Å². The van der Waals surface area contributed by atoms with E-state index in [1.807, 2.05) is 0 Å². The second-order valence-corrected chi connectivity index (χ2v) is 3.19. The molecule has 2 atom stereocenters. The molecule has 15 heavy (non-hydrogen) atoms. The molecule has 92 valence electrons. The van der Waals surface area contributed by atoms with Crippen LogP contribution >= 0.6 is 23.2 Å². The Kier molecular flexibility index (Phi) is 4.12. The quantitative estimate of drug-likeness (QED) is 0.541. The normalized spacial score (nSPS) is 18.8. The molecule has 2 unspecified atom stereocenters. The summed E-state index contributed by atoms with van der Waals surface area (Å²) in [4.78, 5) is 0. The van der Waals surface area contributed by atoms with E-state index in [1.165, 1.54) is 0 Å². The summed E-state index contributed by atoms with van der Waals surface area (Å²) in [5.41, 5.74) is -8.21. The van der Waals surface area contributed by atoms with Gasteiger partial charge in [0.05, 0.1) is 0 Å². The molecule has 0 aliphatic carbocycles. The smallest absolute Gasteiger partial charge is 0.223 e. The van der Waals surface area contributed by atoms with E-state index in [0.29, 0.717) is 0 Å². The van der Waals surface area contributed by atoms with Crippen molar-refractivity contribution in [3.8, 4) is 0 Å². The van der Waals surface area contributed by atoms with E-state index in [4.69, 9.17) is 0 Å². The molecule has 0 N–H and O–H groups in total. The number of halogens is 10. The van der Waals surface area contributed by atoms with Crippen molar-refractivity contribution in [2.24, 2.45) is 0 Å². The first-order valence-electron chi connectivity index (χ1n) is 3.08. The van der Waals surface area contributed by atoms with Gasteiger partial charge < -0.3 is 0 Å². The Morgan fingerprint density at radius 2 is 0.867 bits per heavy atom. The highest BCUT2D eigenvalue weighted by atomic mass is 35.5. The van der Waals surface area contributed by atoms with Crippen LogP contribution in [0.1, 0.15) is 0 Å². The molecule has 0 aromatic carbocycles. The van der Waals surface area contributed by atoms with E-state index in [2.05, 4.69) is 23.2 Å². The Balaban J connectivity index is 5.30. The molecule has 0 saturated carbocycles. The van der Waals surface area contributed by atoms with Gasteiger partial charge in [0.25, 0.3) is 0 Å². The molecule has 0 aromatic rings. The van der Waals surface area contributed by atoms with Gasteiger partial charge in [0.2, 0.25) is 11.3 Å². The van der Waals surface area contributed by atoms with Crippen molar-refractivity contribution in [1.29, 1.82) is 0 Å². The lowest BCUT2D eigenvalue weighted by molar-refractivity contribution is -0.324. The molecule has 0 amide bonds. The number of hydrogen-bond donors (Lipinski definition) is 0. The lowest BCUT2D eigenvalue weighted by Gasteiger charge is -2.32. The summed E-state index contributed by atoms with van der Waals surface area (Å²) in [5, 5.41) is 0. The lowest BCUT2D eigenvalue weighted by atomic mass is 10.1. The standard InChI is InChI=1S/C5H2Cl2F8/c6-1(8)3(10,11)5(14,15)4(12,13)2(7)9/h1-2H. The second-order valence-electron chi connectivity index (χ2n) is 2.42. The molecular formula is C5H2Cl2F8. The molecular weight excluding hydrogens is 283 g/mol. The van der Waals surface area contributed by atoms with Crippen LogP contribution in [0.25, 0.3) is 0 Å². The fourth-order valence-electron chi connectivity index (χ4n) is 0.496. The van der Waals surface area contributed by atoms with Gasteiger partial charge in [0.15, 0.2) is 0 Å². The van der Waals surface area contributed by atoms with Gasteiger partial charge in [0, 0.05) is 0 Å². The zero-order valence-corrected chi connectivity index (χ0v) is 7.95. The van der Waals surface area contributed by atoms with Gasteiger partial charge in [-0.1, -0.05) is 23.2 Å². The van der Waals surface area contributed by atoms with Crippen molar-refractivity contribution in [2.75, 3.05) is 0 Å². The van der Waals surface area contributed by atoms with Gasteiger partial charge >= 0.3 is 17.8 Å². The van der Waals surface area contributed by atoms with Crippen LogP contribution < -0.4 is 0 Å². The third kappa shape index (κ3) is 2.25. The number of hydrogen-bond acceptors (Lipinski definition) is 0. The highest BCUT2D eigenvalue weighted by Gasteiger charge is 2.77. The van der Waals surface area contributed by atoms with Crippen molar-refractivity contribution in [3.05, 3.63) is 0 Å². The van der Waals surface area contributed by atoms with Crippen LogP contribution in [0.3, 0.4) is 0 Å². The summed E-state index contributed by atoms with van der Waals surface area (Å²) >= 11 is 7.94. The van der Waals surface area contributed by atoms with E-state index >= 15 is 0 Å². The maximum absolute atomic E-state index is 12.3. The highest BCUT2D eigenvalue weighted by molar-refractivity contribution is 6.21. The van der Waals surface area contributed by atoms with Crippen molar-refractivity contribution in [2.45, 2.75) is 29.0 Å². The van der Waals surface area contributed by atoms with E-state index in [1.54, 1.807) is 0 Å². The minimum Gasteiger partial charge on any atom is -0.223 e. The fourth-order valence-corrected chi connectivity index (χ4v) is 0.770. The third-order valence-corrected chi connectivity index (χ3v) is 1.93. The first kappa shape index (κ1) is 15.0. The monoisotopic (exact) mass is 284 g/mol. The van der Waals surface area contributed by atoms with E-state index in [0.717, 1.165) is 0 Å². The van der Waals surface area contributed by atoms with Crippen LogP contribution in [-0.4, -0.2) is 29.0 Å². The zero-order valence-electron chi connectivity index (χ0n) is 6.43. The molecule has 0 aromatic heterocycles. The Labute approximate surface area is 88.1 Å². The Morgan fingerprint density at radius 3 is 1.00 bits per heavy atom. The maximum Gasteiger partial charge on any atom is 0.380 e. The Morgan fingerprint density at radius 1 is 0.667 bits per heavy atom. The van der Waals surface area contributed by atoms with Gasteiger partial charge in [-0.05, 0) is 0 Å². The van der Waals surface area contributed by atoms with E-state index in [-0.39, 0.29) is 0 Å². The summed E-state index contributed by atoms with van der Waals surface area (Å²) in [6.45, 7) is 0. The first-order chi connectivity index (χ1) is 6.39. The molecule has 0 heterocycles. The summed E-state index contributed by atoms with van der Waals surface area (Å²) in [6.07, 6.45) is 0. The van der Waals surface area contributed by atoms with Crippen LogP contribution in [0.15, 0.2) is 0 Å². The van der Waals surface area contributed by atoms with Gasteiger partial charge in [-0.2, -0.15) is 26.3 Å². The second kappa shape index (κ2) is 4.12. The predicted octanol–water partition coefficient (Wildman–Crippen LogP) is 3.96. The van der Waals surface area contributed by atoms with Crippen molar-refractivity contribution < 1.29 is 35.1 Å². The minimum atomic E-state index is -6.34. The summed E-state index contributed by atoms with van der Waals surface area (Å²) in [6, 6.07) is 0. The van der Waals surface area contributed by atoms with Gasteiger partial charge in [0.1, 0.15) is 0 Å². The van der Waals surface area contributed by atoms with Crippen molar-refractivity contribution >= 4 is 23.2 Å². The van der Waals surface area contributed by atoms with E-state index < -0.39 is 29.0 Å². The summed E-state index contributed by atoms with van der Waals surface area (Å²) in [7, 11) is 0. The third-order valence-electron chi connectivity index (χ3n) is 1.39. The fraction of sp³-hybridized carbons (Fsp3) is 1.00. The molecule has 0 saturated heterocycles. The van der Waals surface area contributed by atoms with Crippen LogP contribution in [0.4, 0.5) is 35.1 Å². The van der Waals surface area contributed by atoms with Crippen LogP contribution in [-0.2, 0) is 0 Å². The molecule has 0 nitrogen and oxygen atoms in total. The Hall–Kier alpha value is 0.0200. The maximum atomic E-state index is 12.3. The molecule has 0 bridgehead atoms. The molecule has 0 fully saturated rings. The topological polar surface area (TPSA) is 0 Å². The summed E-state index contributed by atoms with van der Waals surface area (Å²) in [5.74, 6) is -18.2. The van der Waals surface area contributed by atoms with Crippen molar-refractivity contribution in [1.82, 2.24) is 0 Å². The van der Waals surface area contributed by atoms with Gasteiger partial charge in [-0.3, -0.25) is 0 Å².